The van der Waals surface area contributed by atoms with Crippen LogP contribution >= 0.6 is 15.9 Å². The topological polar surface area (TPSA) is 70.8 Å². The number of anilines is 1. The molecule has 0 spiro atoms. The lowest BCUT2D eigenvalue weighted by Crippen LogP contribution is -1.99. The molecule has 0 aliphatic heterocycles. The molecule has 1 heterocycles. The van der Waals surface area contributed by atoms with Crippen molar-refractivity contribution in [2.45, 2.75) is 0 Å². The molecule has 5 nitrogen and oxygen atoms in total. The Morgan fingerprint density at radius 2 is 2.11 bits per heavy atom. The SMILES string of the molecule is CNc1cc(C#N)nc(-c2ccc(OC)c(Br)c2)n1. The van der Waals surface area contributed by atoms with Crippen molar-refractivity contribution < 1.29 is 4.74 Å². The van der Waals surface area contributed by atoms with Gasteiger partial charge >= 0.3 is 0 Å². The van der Waals surface area contributed by atoms with Crippen LogP contribution in [0.1, 0.15) is 5.69 Å². The number of nitriles is 1. The molecular formula is C13H11BrN4O. The van der Waals surface area contributed by atoms with Crippen molar-refractivity contribution in [2.75, 3.05) is 19.5 Å². The fraction of sp³-hybridized carbons (Fsp3) is 0.154. The molecule has 0 unspecified atom stereocenters. The Labute approximate surface area is 119 Å². The van der Waals surface area contributed by atoms with Gasteiger partial charge in [-0.25, -0.2) is 9.97 Å². The maximum Gasteiger partial charge on any atom is 0.163 e. The summed E-state index contributed by atoms with van der Waals surface area (Å²) in [7, 11) is 3.35. The number of aromatic nitrogens is 2. The first-order valence-electron chi connectivity index (χ1n) is 5.48. The third-order valence-electron chi connectivity index (χ3n) is 2.51. The normalized spacial score (nSPS) is 9.79. The zero-order valence-electron chi connectivity index (χ0n) is 10.4. The highest BCUT2D eigenvalue weighted by molar-refractivity contribution is 9.10. The highest BCUT2D eigenvalue weighted by Gasteiger charge is 2.08. The van der Waals surface area contributed by atoms with Crippen LogP contribution in [0.2, 0.25) is 0 Å². The number of nitrogens with zero attached hydrogens (tertiary/aromatic N) is 3. The van der Waals surface area contributed by atoms with E-state index in [0.717, 1.165) is 15.8 Å². The highest BCUT2D eigenvalue weighted by atomic mass is 79.9. The number of nitrogens with one attached hydrogen (secondary N) is 1. The van der Waals surface area contributed by atoms with Crippen LogP contribution in [0.15, 0.2) is 28.7 Å². The van der Waals surface area contributed by atoms with Gasteiger partial charge in [0.1, 0.15) is 23.3 Å². The average molecular weight is 319 g/mol. The van der Waals surface area contributed by atoms with Crippen molar-refractivity contribution >= 4 is 21.7 Å². The predicted molar refractivity (Wildman–Crippen MR) is 76.0 cm³/mol. The van der Waals surface area contributed by atoms with Gasteiger partial charge < -0.3 is 10.1 Å². The summed E-state index contributed by atoms with van der Waals surface area (Å²) < 4.78 is 5.98. The summed E-state index contributed by atoms with van der Waals surface area (Å²) in [4.78, 5) is 8.52. The third-order valence-corrected chi connectivity index (χ3v) is 3.13. The molecule has 96 valence electrons. The second-order valence-electron chi connectivity index (χ2n) is 3.67. The molecule has 1 aromatic carbocycles. The third kappa shape index (κ3) is 2.83. The average Bonchev–Trinajstić information content (AvgIpc) is 2.46. The Morgan fingerprint density at radius 3 is 2.68 bits per heavy atom. The van der Waals surface area contributed by atoms with Crippen molar-refractivity contribution in [2.24, 2.45) is 0 Å². The molecule has 0 aliphatic rings. The van der Waals surface area contributed by atoms with Gasteiger partial charge in [0.25, 0.3) is 0 Å². The summed E-state index contributed by atoms with van der Waals surface area (Å²) in [5, 5.41) is 11.9. The first-order chi connectivity index (χ1) is 9.17. The lowest BCUT2D eigenvalue weighted by atomic mass is 10.2. The number of benzene rings is 1. The molecule has 0 aliphatic carbocycles. The van der Waals surface area contributed by atoms with Gasteiger partial charge in [0.05, 0.1) is 11.6 Å². The molecule has 1 aromatic heterocycles. The molecule has 0 saturated carbocycles. The molecular weight excluding hydrogens is 308 g/mol. The van der Waals surface area contributed by atoms with Crippen molar-refractivity contribution in [3.63, 3.8) is 0 Å². The van der Waals surface area contributed by atoms with E-state index in [4.69, 9.17) is 10.00 Å². The first-order valence-corrected chi connectivity index (χ1v) is 6.28. The van der Waals surface area contributed by atoms with Crippen LogP contribution in [-0.2, 0) is 0 Å². The Hall–Kier alpha value is -2.13. The van der Waals surface area contributed by atoms with E-state index in [1.807, 2.05) is 24.3 Å². The standard InChI is InChI=1S/C13H11BrN4O/c1-16-12-6-9(7-15)17-13(18-12)8-3-4-11(19-2)10(14)5-8/h3-6H,1-2H3,(H,16,17,18). The lowest BCUT2D eigenvalue weighted by Gasteiger charge is -2.07. The van der Waals surface area contributed by atoms with E-state index in [9.17, 15) is 0 Å². The quantitative estimate of drug-likeness (QED) is 0.942. The van der Waals surface area contributed by atoms with Gasteiger partial charge in [-0.05, 0) is 34.1 Å². The van der Waals surface area contributed by atoms with E-state index in [0.29, 0.717) is 17.3 Å². The summed E-state index contributed by atoms with van der Waals surface area (Å²) >= 11 is 3.41. The maximum absolute atomic E-state index is 8.97. The van der Waals surface area contributed by atoms with Crippen molar-refractivity contribution in [3.05, 3.63) is 34.4 Å². The molecule has 0 radical (unpaired) electrons. The largest absolute Gasteiger partial charge is 0.496 e. The van der Waals surface area contributed by atoms with E-state index in [-0.39, 0.29) is 0 Å². The molecule has 0 atom stereocenters. The molecule has 2 aromatic rings. The van der Waals surface area contributed by atoms with E-state index in [2.05, 4.69) is 31.2 Å². The van der Waals surface area contributed by atoms with E-state index in [1.54, 1.807) is 20.2 Å². The minimum atomic E-state index is 0.321. The Morgan fingerprint density at radius 1 is 1.32 bits per heavy atom. The van der Waals surface area contributed by atoms with Crippen molar-refractivity contribution in [1.29, 1.82) is 5.26 Å². The molecule has 0 saturated heterocycles. The molecule has 2 rings (SSSR count). The molecule has 0 fully saturated rings. The number of hydrogen-bond acceptors (Lipinski definition) is 5. The van der Waals surface area contributed by atoms with Gasteiger partial charge in [-0.2, -0.15) is 5.26 Å². The van der Waals surface area contributed by atoms with Crippen LogP contribution in [0, 0.1) is 11.3 Å². The fourth-order valence-electron chi connectivity index (χ4n) is 1.57. The Bertz CT molecular complexity index is 652. The maximum atomic E-state index is 8.97. The molecule has 19 heavy (non-hydrogen) atoms. The predicted octanol–water partition coefficient (Wildman–Crippen LogP) is 2.83. The van der Waals surface area contributed by atoms with Crippen LogP contribution in [0.5, 0.6) is 5.75 Å². The van der Waals surface area contributed by atoms with Gasteiger partial charge in [0, 0.05) is 18.7 Å². The van der Waals surface area contributed by atoms with E-state index < -0.39 is 0 Å². The summed E-state index contributed by atoms with van der Waals surface area (Å²) in [5.74, 6) is 1.83. The van der Waals surface area contributed by atoms with Crippen molar-refractivity contribution in [3.8, 4) is 23.2 Å². The second kappa shape index (κ2) is 5.67. The zero-order valence-corrected chi connectivity index (χ0v) is 12.0. The number of halogens is 1. The Kier molecular flexibility index (Phi) is 3.97. The molecule has 0 amide bonds. The van der Waals surface area contributed by atoms with Crippen molar-refractivity contribution in [1.82, 2.24) is 9.97 Å². The molecule has 0 bridgehead atoms. The molecule has 1 N–H and O–H groups in total. The van der Waals surface area contributed by atoms with Gasteiger partial charge in [-0.3, -0.25) is 0 Å². The first kappa shape index (κ1) is 13.3. The Balaban J connectivity index is 2.52. The summed E-state index contributed by atoms with van der Waals surface area (Å²) in [6.45, 7) is 0. The van der Waals surface area contributed by atoms with Crippen LogP contribution < -0.4 is 10.1 Å². The lowest BCUT2D eigenvalue weighted by molar-refractivity contribution is 0.412. The number of hydrogen-bond donors (Lipinski definition) is 1. The summed E-state index contributed by atoms with van der Waals surface area (Å²) in [5.41, 5.74) is 1.13. The fourth-order valence-corrected chi connectivity index (χ4v) is 2.11. The van der Waals surface area contributed by atoms with Gasteiger partial charge in [-0.15, -0.1) is 0 Å². The number of ether oxygens (including phenoxy) is 1. The minimum Gasteiger partial charge on any atom is -0.496 e. The number of methoxy groups -OCH3 is 1. The van der Waals surface area contributed by atoms with Crippen LogP contribution in [0.3, 0.4) is 0 Å². The minimum absolute atomic E-state index is 0.321. The van der Waals surface area contributed by atoms with Crippen LogP contribution in [-0.4, -0.2) is 24.1 Å². The van der Waals surface area contributed by atoms with E-state index >= 15 is 0 Å². The van der Waals surface area contributed by atoms with Crippen LogP contribution in [0.4, 0.5) is 5.82 Å². The summed E-state index contributed by atoms with van der Waals surface area (Å²) in [6.07, 6.45) is 0. The van der Waals surface area contributed by atoms with E-state index in [1.165, 1.54) is 0 Å². The number of rotatable bonds is 3. The molecule has 6 heteroatoms. The smallest absolute Gasteiger partial charge is 0.163 e. The van der Waals surface area contributed by atoms with Gasteiger partial charge in [0.2, 0.25) is 0 Å². The zero-order chi connectivity index (χ0) is 13.8. The summed E-state index contributed by atoms with van der Waals surface area (Å²) in [6, 6.07) is 9.14. The van der Waals surface area contributed by atoms with Crippen LogP contribution in [0.25, 0.3) is 11.4 Å². The second-order valence-corrected chi connectivity index (χ2v) is 4.53. The van der Waals surface area contributed by atoms with Gasteiger partial charge in [0.15, 0.2) is 5.82 Å². The monoisotopic (exact) mass is 318 g/mol. The highest BCUT2D eigenvalue weighted by Crippen LogP contribution is 2.29. The van der Waals surface area contributed by atoms with Gasteiger partial charge in [-0.1, -0.05) is 0 Å².